The van der Waals surface area contributed by atoms with Crippen molar-refractivity contribution in [2.75, 3.05) is 11.9 Å². The van der Waals surface area contributed by atoms with Gasteiger partial charge in [0.2, 0.25) is 5.91 Å². The maximum absolute atomic E-state index is 13.4. The number of anilines is 1. The molecular weight excluding hydrogens is 264 g/mol. The molecule has 1 aromatic rings. The number of halogens is 4. The maximum atomic E-state index is 13.4. The summed E-state index contributed by atoms with van der Waals surface area (Å²) in [6, 6.07) is 1.45. The number of rotatable bonds is 2. The Morgan fingerprint density at radius 3 is 2.68 bits per heavy atom. The molecule has 1 aliphatic rings. The number of carbonyl (C=O) groups is 1. The second kappa shape index (κ2) is 5.16. The van der Waals surface area contributed by atoms with Crippen LogP contribution >= 0.6 is 0 Å². The molecule has 1 saturated heterocycles. The molecule has 0 radical (unpaired) electrons. The lowest BCUT2D eigenvalue weighted by atomic mass is 10.1. The smallest absolute Gasteiger partial charge is 0.322 e. The monoisotopic (exact) mass is 276 g/mol. The molecule has 1 aromatic carbocycles. The van der Waals surface area contributed by atoms with Crippen LogP contribution in [0.5, 0.6) is 0 Å². The maximum Gasteiger partial charge on any atom is 0.416 e. The fourth-order valence-corrected chi connectivity index (χ4v) is 1.93. The van der Waals surface area contributed by atoms with Gasteiger partial charge in [0.15, 0.2) is 0 Å². The minimum Gasteiger partial charge on any atom is -0.322 e. The number of hydrogen-bond donors (Lipinski definition) is 2. The van der Waals surface area contributed by atoms with Gasteiger partial charge in [-0.15, -0.1) is 0 Å². The van der Waals surface area contributed by atoms with Gasteiger partial charge < -0.3 is 10.6 Å². The first-order valence-electron chi connectivity index (χ1n) is 5.79. The summed E-state index contributed by atoms with van der Waals surface area (Å²) in [7, 11) is 0. The van der Waals surface area contributed by atoms with Crippen molar-refractivity contribution in [2.45, 2.75) is 25.1 Å². The second-order valence-electron chi connectivity index (χ2n) is 4.33. The summed E-state index contributed by atoms with van der Waals surface area (Å²) in [6.07, 6.45) is -3.17. The SMILES string of the molecule is O=C(Nc1cc(C(F)(F)F)ccc1F)[C@@H]1CCCN1. The summed E-state index contributed by atoms with van der Waals surface area (Å²) in [6.45, 7) is 0.670. The van der Waals surface area contributed by atoms with Gasteiger partial charge in [0.05, 0.1) is 17.3 Å². The van der Waals surface area contributed by atoms with Gasteiger partial charge >= 0.3 is 6.18 Å². The van der Waals surface area contributed by atoms with Crippen molar-refractivity contribution in [3.63, 3.8) is 0 Å². The molecule has 1 amide bonds. The van der Waals surface area contributed by atoms with Crippen molar-refractivity contribution >= 4 is 11.6 Å². The van der Waals surface area contributed by atoms with E-state index in [0.29, 0.717) is 31.2 Å². The topological polar surface area (TPSA) is 41.1 Å². The highest BCUT2D eigenvalue weighted by atomic mass is 19.4. The number of carbonyl (C=O) groups excluding carboxylic acids is 1. The Labute approximate surface area is 107 Å². The van der Waals surface area contributed by atoms with Gasteiger partial charge in [-0.3, -0.25) is 4.79 Å². The molecule has 0 saturated carbocycles. The van der Waals surface area contributed by atoms with Crippen LogP contribution in [0.25, 0.3) is 0 Å². The lowest BCUT2D eigenvalue weighted by Gasteiger charge is -2.13. The summed E-state index contributed by atoms with van der Waals surface area (Å²) in [5, 5.41) is 5.07. The Bertz CT molecular complexity index is 481. The molecule has 0 aliphatic carbocycles. The quantitative estimate of drug-likeness (QED) is 0.815. The first-order valence-corrected chi connectivity index (χ1v) is 5.79. The van der Waals surface area contributed by atoms with E-state index in [4.69, 9.17) is 0 Å². The lowest BCUT2D eigenvalue weighted by Crippen LogP contribution is -2.35. The Morgan fingerprint density at radius 2 is 2.11 bits per heavy atom. The highest BCUT2D eigenvalue weighted by Gasteiger charge is 2.31. The minimum atomic E-state index is -4.57. The largest absolute Gasteiger partial charge is 0.416 e. The molecular formula is C12H12F4N2O. The molecule has 3 nitrogen and oxygen atoms in total. The Balaban J connectivity index is 2.17. The summed E-state index contributed by atoms with van der Waals surface area (Å²) >= 11 is 0. The van der Waals surface area contributed by atoms with Crippen molar-refractivity contribution in [2.24, 2.45) is 0 Å². The van der Waals surface area contributed by atoms with Crippen LogP contribution in [0.15, 0.2) is 18.2 Å². The third-order valence-electron chi connectivity index (χ3n) is 2.93. The van der Waals surface area contributed by atoms with Gasteiger partial charge in [0.1, 0.15) is 5.82 Å². The molecule has 104 valence electrons. The third-order valence-corrected chi connectivity index (χ3v) is 2.93. The molecule has 1 aliphatic heterocycles. The molecule has 7 heteroatoms. The molecule has 19 heavy (non-hydrogen) atoms. The Kier molecular flexibility index (Phi) is 3.75. The van der Waals surface area contributed by atoms with E-state index in [1.54, 1.807) is 0 Å². The van der Waals surface area contributed by atoms with E-state index in [2.05, 4.69) is 10.6 Å². The predicted molar refractivity (Wildman–Crippen MR) is 61.1 cm³/mol. The van der Waals surface area contributed by atoms with Crippen LogP contribution in [0.4, 0.5) is 23.2 Å². The van der Waals surface area contributed by atoms with Crippen LogP contribution in [0.1, 0.15) is 18.4 Å². The molecule has 2 N–H and O–H groups in total. The normalized spacial score (nSPS) is 19.5. The highest BCUT2D eigenvalue weighted by Crippen LogP contribution is 2.31. The molecule has 0 unspecified atom stereocenters. The standard InChI is InChI=1S/C12H12F4N2O/c13-8-4-3-7(12(14,15)16)6-10(8)18-11(19)9-2-1-5-17-9/h3-4,6,9,17H,1-2,5H2,(H,18,19)/t9-/m0/s1. The van der Waals surface area contributed by atoms with E-state index in [1.807, 2.05) is 0 Å². The zero-order valence-corrected chi connectivity index (χ0v) is 9.85. The van der Waals surface area contributed by atoms with Crippen LogP contribution in [-0.4, -0.2) is 18.5 Å². The molecule has 1 heterocycles. The van der Waals surface area contributed by atoms with Crippen LogP contribution in [0.2, 0.25) is 0 Å². The fourth-order valence-electron chi connectivity index (χ4n) is 1.93. The third kappa shape index (κ3) is 3.23. The van der Waals surface area contributed by atoms with Gasteiger partial charge in [-0.2, -0.15) is 13.2 Å². The molecule has 0 spiro atoms. The Hall–Kier alpha value is -1.63. The van der Waals surface area contributed by atoms with Crippen LogP contribution in [-0.2, 0) is 11.0 Å². The summed E-state index contributed by atoms with van der Waals surface area (Å²) in [5.41, 5.74) is -1.45. The second-order valence-corrected chi connectivity index (χ2v) is 4.33. The summed E-state index contributed by atoms with van der Waals surface area (Å²) in [4.78, 5) is 11.7. The van der Waals surface area contributed by atoms with E-state index in [-0.39, 0.29) is 0 Å². The lowest BCUT2D eigenvalue weighted by molar-refractivity contribution is -0.137. The van der Waals surface area contributed by atoms with Crippen molar-refractivity contribution in [3.05, 3.63) is 29.6 Å². The predicted octanol–water partition coefficient (Wildman–Crippen LogP) is 2.54. The minimum absolute atomic E-state index is 0.450. The zero-order valence-electron chi connectivity index (χ0n) is 9.85. The molecule has 0 aromatic heterocycles. The summed E-state index contributed by atoms with van der Waals surface area (Å²) < 4.78 is 50.9. The highest BCUT2D eigenvalue weighted by molar-refractivity contribution is 5.95. The first kappa shape index (κ1) is 13.8. The van der Waals surface area contributed by atoms with Crippen molar-refractivity contribution < 1.29 is 22.4 Å². The van der Waals surface area contributed by atoms with E-state index in [9.17, 15) is 22.4 Å². The number of amides is 1. The average molecular weight is 276 g/mol. The molecule has 1 fully saturated rings. The van der Waals surface area contributed by atoms with E-state index >= 15 is 0 Å². The van der Waals surface area contributed by atoms with Gasteiger partial charge in [-0.25, -0.2) is 4.39 Å². The van der Waals surface area contributed by atoms with Crippen LogP contribution in [0.3, 0.4) is 0 Å². The van der Waals surface area contributed by atoms with Crippen molar-refractivity contribution in [3.8, 4) is 0 Å². The van der Waals surface area contributed by atoms with Gasteiger partial charge in [-0.1, -0.05) is 0 Å². The van der Waals surface area contributed by atoms with Gasteiger partial charge in [-0.05, 0) is 37.6 Å². The molecule has 0 bridgehead atoms. The van der Waals surface area contributed by atoms with E-state index in [0.717, 1.165) is 6.42 Å². The zero-order chi connectivity index (χ0) is 14.0. The number of hydrogen-bond acceptors (Lipinski definition) is 2. The van der Waals surface area contributed by atoms with Crippen LogP contribution in [0, 0.1) is 5.82 Å². The fraction of sp³-hybridized carbons (Fsp3) is 0.417. The number of benzene rings is 1. The van der Waals surface area contributed by atoms with E-state index in [1.165, 1.54) is 0 Å². The Morgan fingerprint density at radius 1 is 1.37 bits per heavy atom. The summed E-state index contributed by atoms with van der Waals surface area (Å²) in [5.74, 6) is -1.41. The number of nitrogens with one attached hydrogen (secondary N) is 2. The van der Waals surface area contributed by atoms with E-state index < -0.39 is 35.2 Å². The number of alkyl halides is 3. The van der Waals surface area contributed by atoms with Crippen LogP contribution < -0.4 is 10.6 Å². The first-order chi connectivity index (χ1) is 8.88. The molecule has 2 rings (SSSR count). The average Bonchev–Trinajstić information content (AvgIpc) is 2.84. The van der Waals surface area contributed by atoms with Crippen molar-refractivity contribution in [1.82, 2.24) is 5.32 Å². The van der Waals surface area contributed by atoms with Crippen molar-refractivity contribution in [1.29, 1.82) is 0 Å². The van der Waals surface area contributed by atoms with Gasteiger partial charge in [0.25, 0.3) is 0 Å². The van der Waals surface area contributed by atoms with Gasteiger partial charge in [0, 0.05) is 0 Å². The molecule has 1 atom stereocenters.